The summed E-state index contributed by atoms with van der Waals surface area (Å²) in [6, 6.07) is 10.3. The predicted molar refractivity (Wildman–Crippen MR) is 79.0 cm³/mol. The van der Waals surface area contributed by atoms with Gasteiger partial charge in [-0.2, -0.15) is 11.3 Å². The SMILES string of the molecule is CN(C)c1ccc(-c2cn(-c3ccsc3)nn2)cc1. The molecule has 5 heteroatoms. The molecule has 0 aliphatic heterocycles. The van der Waals surface area contributed by atoms with E-state index in [-0.39, 0.29) is 0 Å². The summed E-state index contributed by atoms with van der Waals surface area (Å²) in [5.41, 5.74) is 4.19. The summed E-state index contributed by atoms with van der Waals surface area (Å²) in [6.45, 7) is 0. The van der Waals surface area contributed by atoms with Gasteiger partial charge in [0.05, 0.1) is 11.9 Å². The van der Waals surface area contributed by atoms with Crippen molar-refractivity contribution in [2.75, 3.05) is 19.0 Å². The predicted octanol–water partition coefficient (Wildman–Crippen LogP) is 3.06. The number of nitrogens with zero attached hydrogens (tertiary/aromatic N) is 4. The number of hydrogen-bond donors (Lipinski definition) is 0. The first-order valence-electron chi connectivity index (χ1n) is 5.97. The highest BCUT2D eigenvalue weighted by atomic mass is 32.1. The average molecular weight is 270 g/mol. The molecule has 19 heavy (non-hydrogen) atoms. The molecule has 96 valence electrons. The van der Waals surface area contributed by atoms with Crippen LogP contribution < -0.4 is 4.90 Å². The van der Waals surface area contributed by atoms with Crippen LogP contribution in [-0.2, 0) is 0 Å². The summed E-state index contributed by atoms with van der Waals surface area (Å²) in [5, 5.41) is 12.5. The monoisotopic (exact) mass is 270 g/mol. The second-order valence-corrected chi connectivity index (χ2v) is 5.25. The lowest BCUT2D eigenvalue weighted by atomic mass is 10.1. The molecule has 0 unspecified atom stereocenters. The third-order valence-electron chi connectivity index (χ3n) is 2.94. The third kappa shape index (κ3) is 2.37. The van der Waals surface area contributed by atoms with Crippen molar-refractivity contribution in [3.63, 3.8) is 0 Å². The molecule has 0 spiro atoms. The van der Waals surface area contributed by atoms with Gasteiger partial charge >= 0.3 is 0 Å². The molecule has 0 saturated heterocycles. The van der Waals surface area contributed by atoms with Crippen LogP contribution in [0.1, 0.15) is 0 Å². The maximum atomic E-state index is 4.22. The van der Waals surface area contributed by atoms with Gasteiger partial charge in [-0.05, 0) is 23.6 Å². The van der Waals surface area contributed by atoms with E-state index in [2.05, 4.69) is 39.5 Å². The number of benzene rings is 1. The number of rotatable bonds is 3. The fraction of sp³-hybridized carbons (Fsp3) is 0.143. The molecule has 0 bridgehead atoms. The highest BCUT2D eigenvalue weighted by Crippen LogP contribution is 2.21. The van der Waals surface area contributed by atoms with E-state index in [1.54, 1.807) is 16.0 Å². The average Bonchev–Trinajstić information content (AvgIpc) is 3.10. The number of anilines is 1. The van der Waals surface area contributed by atoms with Crippen molar-refractivity contribution < 1.29 is 0 Å². The van der Waals surface area contributed by atoms with E-state index in [1.165, 1.54) is 5.69 Å². The topological polar surface area (TPSA) is 34.0 Å². The molecular weight excluding hydrogens is 256 g/mol. The molecule has 2 aromatic heterocycles. The molecule has 2 heterocycles. The molecule has 3 aromatic rings. The minimum Gasteiger partial charge on any atom is -0.378 e. The van der Waals surface area contributed by atoms with Crippen molar-refractivity contribution in [3.8, 4) is 16.9 Å². The minimum absolute atomic E-state index is 0.886. The van der Waals surface area contributed by atoms with Gasteiger partial charge in [-0.15, -0.1) is 5.10 Å². The van der Waals surface area contributed by atoms with Crippen LogP contribution in [0.15, 0.2) is 47.3 Å². The van der Waals surface area contributed by atoms with Gasteiger partial charge in [-0.3, -0.25) is 0 Å². The second-order valence-electron chi connectivity index (χ2n) is 4.47. The standard InChI is InChI=1S/C14H14N4S/c1-17(2)12-5-3-11(4-6-12)14-9-18(16-15-14)13-7-8-19-10-13/h3-10H,1-2H3. The first kappa shape index (κ1) is 11.9. The van der Waals surface area contributed by atoms with Gasteiger partial charge in [0.25, 0.3) is 0 Å². The Hall–Kier alpha value is -2.14. The summed E-state index contributed by atoms with van der Waals surface area (Å²) in [5.74, 6) is 0. The highest BCUT2D eigenvalue weighted by molar-refractivity contribution is 7.08. The van der Waals surface area contributed by atoms with Crippen LogP contribution in [0.5, 0.6) is 0 Å². The molecule has 4 nitrogen and oxygen atoms in total. The molecule has 0 saturated carbocycles. The normalized spacial score (nSPS) is 10.6. The van der Waals surface area contributed by atoms with Gasteiger partial charge in [-0.1, -0.05) is 17.3 Å². The summed E-state index contributed by atoms with van der Waals surface area (Å²) in [4.78, 5) is 2.08. The number of thiophene rings is 1. The molecule has 0 N–H and O–H groups in total. The number of aromatic nitrogens is 3. The van der Waals surface area contributed by atoms with Crippen molar-refractivity contribution in [2.45, 2.75) is 0 Å². The Morgan fingerprint density at radius 2 is 1.89 bits per heavy atom. The highest BCUT2D eigenvalue weighted by Gasteiger charge is 2.06. The summed E-state index contributed by atoms with van der Waals surface area (Å²) in [7, 11) is 4.06. The summed E-state index contributed by atoms with van der Waals surface area (Å²) < 4.78 is 1.80. The van der Waals surface area contributed by atoms with Crippen molar-refractivity contribution in [1.29, 1.82) is 0 Å². The van der Waals surface area contributed by atoms with Crippen molar-refractivity contribution in [3.05, 3.63) is 47.3 Å². The van der Waals surface area contributed by atoms with E-state index >= 15 is 0 Å². The zero-order valence-corrected chi connectivity index (χ0v) is 11.6. The second kappa shape index (κ2) is 4.85. The van der Waals surface area contributed by atoms with Crippen LogP contribution in [0, 0.1) is 0 Å². The lowest BCUT2D eigenvalue weighted by Gasteiger charge is -2.11. The van der Waals surface area contributed by atoms with Crippen LogP contribution in [0.25, 0.3) is 16.9 Å². The molecule has 0 amide bonds. The molecule has 1 aromatic carbocycles. The molecule has 3 rings (SSSR count). The van der Waals surface area contributed by atoms with Gasteiger partial charge in [0.1, 0.15) is 5.69 Å². The molecular formula is C14H14N4S. The van der Waals surface area contributed by atoms with Crippen molar-refractivity contribution in [2.24, 2.45) is 0 Å². The van der Waals surface area contributed by atoms with E-state index < -0.39 is 0 Å². The zero-order chi connectivity index (χ0) is 13.2. The van der Waals surface area contributed by atoms with Crippen LogP contribution in [-0.4, -0.2) is 29.1 Å². The molecule has 0 aliphatic rings. The Kier molecular flexibility index (Phi) is 3.05. The smallest absolute Gasteiger partial charge is 0.113 e. The van der Waals surface area contributed by atoms with Crippen LogP contribution >= 0.6 is 11.3 Å². The molecule has 0 fully saturated rings. The molecule has 0 aliphatic carbocycles. The van der Waals surface area contributed by atoms with Crippen LogP contribution in [0.4, 0.5) is 5.69 Å². The van der Waals surface area contributed by atoms with Gasteiger partial charge in [0, 0.05) is 30.7 Å². The van der Waals surface area contributed by atoms with Gasteiger partial charge in [-0.25, -0.2) is 4.68 Å². The van der Waals surface area contributed by atoms with Crippen LogP contribution in [0.3, 0.4) is 0 Å². The lowest BCUT2D eigenvalue weighted by Crippen LogP contribution is -2.07. The van der Waals surface area contributed by atoms with E-state index in [0.29, 0.717) is 0 Å². The van der Waals surface area contributed by atoms with E-state index in [0.717, 1.165) is 16.9 Å². The van der Waals surface area contributed by atoms with E-state index in [9.17, 15) is 0 Å². The maximum Gasteiger partial charge on any atom is 0.113 e. The quantitative estimate of drug-likeness (QED) is 0.733. The van der Waals surface area contributed by atoms with Gasteiger partial charge < -0.3 is 4.90 Å². The Morgan fingerprint density at radius 1 is 1.11 bits per heavy atom. The van der Waals surface area contributed by atoms with Gasteiger partial charge in [0.15, 0.2) is 0 Å². The Bertz CT molecular complexity index is 653. The maximum absolute atomic E-state index is 4.22. The van der Waals surface area contributed by atoms with E-state index in [4.69, 9.17) is 0 Å². The molecule has 0 radical (unpaired) electrons. The van der Waals surface area contributed by atoms with Gasteiger partial charge in [0.2, 0.25) is 0 Å². The molecule has 0 atom stereocenters. The lowest BCUT2D eigenvalue weighted by molar-refractivity contribution is 0.806. The Labute approximate surface area is 115 Å². The zero-order valence-electron chi connectivity index (χ0n) is 10.8. The third-order valence-corrected chi connectivity index (χ3v) is 3.61. The van der Waals surface area contributed by atoms with E-state index in [1.807, 2.05) is 37.1 Å². The largest absolute Gasteiger partial charge is 0.378 e. The minimum atomic E-state index is 0.886. The fourth-order valence-corrected chi connectivity index (χ4v) is 2.46. The van der Waals surface area contributed by atoms with Crippen molar-refractivity contribution >= 4 is 17.0 Å². The Morgan fingerprint density at radius 3 is 2.53 bits per heavy atom. The Balaban J connectivity index is 1.90. The summed E-state index contributed by atoms with van der Waals surface area (Å²) >= 11 is 1.65. The van der Waals surface area contributed by atoms with Crippen molar-refractivity contribution in [1.82, 2.24) is 15.0 Å². The first-order valence-corrected chi connectivity index (χ1v) is 6.91. The fourth-order valence-electron chi connectivity index (χ4n) is 1.84. The summed E-state index contributed by atoms with van der Waals surface area (Å²) in [6.07, 6.45) is 1.95. The number of hydrogen-bond acceptors (Lipinski definition) is 4. The first-order chi connectivity index (χ1) is 9.24. The van der Waals surface area contributed by atoms with Crippen LogP contribution in [0.2, 0.25) is 0 Å².